The minimum absolute atomic E-state index is 0.0231. The summed E-state index contributed by atoms with van der Waals surface area (Å²) >= 11 is 0. The van der Waals surface area contributed by atoms with Crippen molar-refractivity contribution in [1.82, 2.24) is 0 Å². The number of esters is 1. The van der Waals surface area contributed by atoms with Crippen LogP contribution >= 0.6 is 0 Å². The first-order valence-corrected chi connectivity index (χ1v) is 2.77. The average molecular weight is 145 g/mol. The predicted octanol–water partition coefficient (Wildman–Crippen LogP) is -1.19. The van der Waals surface area contributed by atoms with Gasteiger partial charge in [-0.1, -0.05) is 0 Å². The summed E-state index contributed by atoms with van der Waals surface area (Å²) in [7, 11) is 0. The van der Waals surface area contributed by atoms with Crippen molar-refractivity contribution in [1.29, 1.82) is 5.41 Å². The van der Waals surface area contributed by atoms with Crippen LogP contribution in [0.25, 0.3) is 0 Å². The largest absolute Gasteiger partial charge is 0.464 e. The Morgan fingerprint density at radius 3 is 2.60 bits per heavy atom. The highest BCUT2D eigenvalue weighted by atomic mass is 16.5. The molecule has 0 rings (SSSR count). The molecule has 0 heterocycles. The molecule has 0 radical (unpaired) electrons. The summed E-state index contributed by atoms with van der Waals surface area (Å²) in [6, 6.07) is -0.677. The number of amidine groups is 1. The van der Waals surface area contributed by atoms with E-state index in [1.165, 1.54) is 6.92 Å². The van der Waals surface area contributed by atoms with Crippen LogP contribution in [0, 0.1) is 5.41 Å². The van der Waals surface area contributed by atoms with Crippen LogP contribution in [0.4, 0.5) is 0 Å². The third kappa shape index (κ3) is 3.85. The molecule has 0 saturated heterocycles. The number of rotatable bonds is 3. The van der Waals surface area contributed by atoms with Gasteiger partial charge in [-0.2, -0.15) is 0 Å². The van der Waals surface area contributed by atoms with Gasteiger partial charge in [-0.3, -0.25) is 10.2 Å². The molecular formula is C5H11N3O2. The van der Waals surface area contributed by atoms with Crippen molar-refractivity contribution in [3.05, 3.63) is 0 Å². The third-order valence-electron chi connectivity index (χ3n) is 0.866. The summed E-state index contributed by atoms with van der Waals surface area (Å²) in [5.74, 6) is -0.599. The molecule has 1 atom stereocenters. The molecule has 58 valence electrons. The molecule has 0 spiro atoms. The normalized spacial score (nSPS) is 12.2. The van der Waals surface area contributed by atoms with Gasteiger partial charge in [0.15, 0.2) is 0 Å². The molecule has 0 aliphatic heterocycles. The first-order valence-electron chi connectivity index (χ1n) is 2.77. The van der Waals surface area contributed by atoms with E-state index in [9.17, 15) is 4.79 Å². The standard InChI is InChI=1S/C5H11N3O2/c1-3(9)10-2-4(6)5(7)8/h4H,2,6H2,1H3,(H3,7,8). The molecule has 5 heteroatoms. The maximum absolute atomic E-state index is 10.2. The summed E-state index contributed by atoms with van der Waals surface area (Å²) in [5, 5.41) is 6.81. The zero-order valence-corrected chi connectivity index (χ0v) is 5.76. The molecule has 0 aliphatic rings. The summed E-state index contributed by atoms with van der Waals surface area (Å²) in [5.41, 5.74) is 10.2. The quantitative estimate of drug-likeness (QED) is 0.264. The Kier molecular flexibility index (Phi) is 3.42. The van der Waals surface area contributed by atoms with Crippen molar-refractivity contribution in [2.75, 3.05) is 6.61 Å². The lowest BCUT2D eigenvalue weighted by atomic mass is 10.3. The molecule has 0 saturated carbocycles. The van der Waals surface area contributed by atoms with Gasteiger partial charge in [-0.05, 0) is 0 Å². The molecule has 5 N–H and O–H groups in total. The number of nitrogens with one attached hydrogen (secondary N) is 1. The SMILES string of the molecule is CC(=O)OCC(N)C(=N)N. The van der Waals surface area contributed by atoms with E-state index in [4.69, 9.17) is 16.9 Å². The summed E-state index contributed by atoms with van der Waals surface area (Å²) < 4.78 is 4.48. The second kappa shape index (κ2) is 3.84. The van der Waals surface area contributed by atoms with Gasteiger partial charge in [0.2, 0.25) is 0 Å². The molecule has 0 bridgehead atoms. The van der Waals surface area contributed by atoms with E-state index >= 15 is 0 Å². The summed E-state index contributed by atoms with van der Waals surface area (Å²) in [6.07, 6.45) is 0. The van der Waals surface area contributed by atoms with Crippen LogP contribution in [0.5, 0.6) is 0 Å². The second-order valence-corrected chi connectivity index (χ2v) is 1.86. The Labute approximate surface area is 58.8 Å². The van der Waals surface area contributed by atoms with Crippen LogP contribution in [0.15, 0.2) is 0 Å². The Hall–Kier alpha value is -1.10. The van der Waals surface area contributed by atoms with Crippen molar-refractivity contribution in [2.45, 2.75) is 13.0 Å². The van der Waals surface area contributed by atoms with Crippen molar-refractivity contribution in [3.8, 4) is 0 Å². The highest BCUT2D eigenvalue weighted by Crippen LogP contribution is 1.81. The Morgan fingerprint density at radius 2 is 2.30 bits per heavy atom. The summed E-state index contributed by atoms with van der Waals surface area (Å²) in [4.78, 5) is 10.2. The molecule has 1 unspecified atom stereocenters. The van der Waals surface area contributed by atoms with Crippen LogP contribution in [0.3, 0.4) is 0 Å². The zero-order chi connectivity index (χ0) is 8.15. The lowest BCUT2D eigenvalue weighted by molar-refractivity contribution is -0.141. The van der Waals surface area contributed by atoms with E-state index in [-0.39, 0.29) is 12.4 Å². The Morgan fingerprint density at radius 1 is 1.80 bits per heavy atom. The number of nitrogens with two attached hydrogens (primary N) is 2. The fourth-order valence-corrected chi connectivity index (χ4v) is 0.297. The van der Waals surface area contributed by atoms with Gasteiger partial charge in [0.1, 0.15) is 12.4 Å². The number of carbonyl (C=O) groups excluding carboxylic acids is 1. The van der Waals surface area contributed by atoms with Crippen molar-refractivity contribution >= 4 is 11.8 Å². The van der Waals surface area contributed by atoms with E-state index in [2.05, 4.69) is 4.74 Å². The molecule has 0 aromatic carbocycles. The highest BCUT2D eigenvalue weighted by molar-refractivity contribution is 5.82. The van der Waals surface area contributed by atoms with Crippen LogP contribution in [-0.2, 0) is 9.53 Å². The highest BCUT2D eigenvalue weighted by Gasteiger charge is 2.06. The van der Waals surface area contributed by atoms with Crippen molar-refractivity contribution in [3.63, 3.8) is 0 Å². The van der Waals surface area contributed by atoms with Crippen molar-refractivity contribution < 1.29 is 9.53 Å². The third-order valence-corrected chi connectivity index (χ3v) is 0.866. The minimum atomic E-state index is -0.677. The maximum Gasteiger partial charge on any atom is 0.302 e. The van der Waals surface area contributed by atoms with Crippen LogP contribution in [-0.4, -0.2) is 24.5 Å². The number of hydrogen-bond donors (Lipinski definition) is 3. The molecule has 0 aliphatic carbocycles. The molecule has 0 fully saturated rings. The van der Waals surface area contributed by atoms with E-state index < -0.39 is 12.0 Å². The van der Waals surface area contributed by atoms with Gasteiger partial charge in [-0.15, -0.1) is 0 Å². The summed E-state index contributed by atoms with van der Waals surface area (Å²) in [6.45, 7) is 1.25. The van der Waals surface area contributed by atoms with Crippen LogP contribution in [0.1, 0.15) is 6.92 Å². The van der Waals surface area contributed by atoms with E-state index in [1.54, 1.807) is 0 Å². The first-order chi connectivity index (χ1) is 4.54. The van der Waals surface area contributed by atoms with Crippen molar-refractivity contribution in [2.24, 2.45) is 11.5 Å². The fraction of sp³-hybridized carbons (Fsp3) is 0.600. The molecule has 0 amide bonds. The maximum atomic E-state index is 10.2. The van der Waals surface area contributed by atoms with Gasteiger partial charge < -0.3 is 16.2 Å². The van der Waals surface area contributed by atoms with E-state index in [0.29, 0.717) is 0 Å². The van der Waals surface area contributed by atoms with Gasteiger partial charge >= 0.3 is 5.97 Å². The van der Waals surface area contributed by atoms with Gasteiger partial charge in [-0.25, -0.2) is 0 Å². The van der Waals surface area contributed by atoms with Gasteiger partial charge in [0, 0.05) is 6.92 Å². The Bertz CT molecular complexity index is 146. The molecule has 0 aromatic rings. The second-order valence-electron chi connectivity index (χ2n) is 1.86. The van der Waals surface area contributed by atoms with Crippen LogP contribution < -0.4 is 11.5 Å². The first kappa shape index (κ1) is 8.90. The molecular weight excluding hydrogens is 134 g/mol. The predicted molar refractivity (Wildman–Crippen MR) is 36.5 cm³/mol. The van der Waals surface area contributed by atoms with E-state index in [1.807, 2.05) is 0 Å². The topological polar surface area (TPSA) is 102 Å². The van der Waals surface area contributed by atoms with Gasteiger partial charge in [0.25, 0.3) is 0 Å². The number of ether oxygens (including phenoxy) is 1. The average Bonchev–Trinajstić information content (AvgIpc) is 1.82. The van der Waals surface area contributed by atoms with Gasteiger partial charge in [0.05, 0.1) is 6.04 Å². The lowest BCUT2D eigenvalue weighted by Crippen LogP contribution is -2.40. The van der Waals surface area contributed by atoms with E-state index in [0.717, 1.165) is 0 Å². The number of hydrogen-bond acceptors (Lipinski definition) is 4. The lowest BCUT2D eigenvalue weighted by Gasteiger charge is -2.07. The Balaban J connectivity index is 3.49. The number of carbonyl (C=O) groups is 1. The van der Waals surface area contributed by atoms with Crippen LogP contribution in [0.2, 0.25) is 0 Å². The molecule has 5 nitrogen and oxygen atoms in total. The minimum Gasteiger partial charge on any atom is -0.464 e. The fourth-order valence-electron chi connectivity index (χ4n) is 0.297. The molecule has 0 aromatic heterocycles. The molecule has 10 heavy (non-hydrogen) atoms. The smallest absolute Gasteiger partial charge is 0.302 e. The zero-order valence-electron chi connectivity index (χ0n) is 5.76. The monoisotopic (exact) mass is 145 g/mol.